The highest BCUT2D eigenvalue weighted by Crippen LogP contribution is 2.32. The Morgan fingerprint density at radius 3 is 2.81 bits per heavy atom. The molecule has 1 aliphatic rings. The third-order valence-corrected chi connectivity index (χ3v) is 5.94. The van der Waals surface area contributed by atoms with E-state index in [-0.39, 0.29) is 18.0 Å². The van der Waals surface area contributed by atoms with E-state index in [1.165, 1.54) is 11.3 Å². The summed E-state index contributed by atoms with van der Waals surface area (Å²) in [5.74, 6) is -0.133. The van der Waals surface area contributed by atoms with Crippen LogP contribution in [0.4, 0.5) is 4.39 Å². The molecule has 0 bridgehead atoms. The van der Waals surface area contributed by atoms with Crippen molar-refractivity contribution < 1.29 is 9.18 Å². The number of nitrogens with zero attached hydrogens (tertiary/aromatic N) is 4. The summed E-state index contributed by atoms with van der Waals surface area (Å²) in [5.41, 5.74) is 1.31. The predicted molar refractivity (Wildman–Crippen MR) is 103 cm³/mol. The molecule has 0 aliphatic carbocycles. The minimum Gasteiger partial charge on any atom is -0.341 e. The molecular weight excluding hydrogens is 391 g/mol. The van der Waals surface area contributed by atoms with Gasteiger partial charge < -0.3 is 4.90 Å². The Balaban J connectivity index is 1.75. The van der Waals surface area contributed by atoms with Gasteiger partial charge in [0.15, 0.2) is 4.83 Å². The average Bonchev–Trinajstić information content (AvgIpc) is 3.34. The number of carbonyl (C=O) groups excluding carboxylic acids is 1. The maximum atomic E-state index is 13.1. The molecule has 0 N–H and O–H groups in total. The van der Waals surface area contributed by atoms with Crippen molar-refractivity contribution in [3.05, 3.63) is 44.5 Å². The van der Waals surface area contributed by atoms with Crippen LogP contribution in [0.15, 0.2) is 28.4 Å². The lowest BCUT2D eigenvalue weighted by Gasteiger charge is -2.15. The topological polar surface area (TPSA) is 68.1 Å². The first-order chi connectivity index (χ1) is 13.1. The lowest BCUT2D eigenvalue weighted by atomic mass is 10.0. The van der Waals surface area contributed by atoms with Crippen LogP contribution in [-0.4, -0.2) is 38.9 Å². The highest BCUT2D eigenvalue weighted by molar-refractivity contribution is 7.17. The number of halogens is 2. The molecule has 1 aliphatic heterocycles. The monoisotopic (exact) mass is 406 g/mol. The lowest BCUT2D eigenvalue weighted by molar-refractivity contribution is -0.131. The zero-order valence-corrected chi connectivity index (χ0v) is 15.9. The Hall–Kier alpha value is -2.32. The summed E-state index contributed by atoms with van der Waals surface area (Å²) in [7, 11) is 0. The van der Waals surface area contributed by atoms with Gasteiger partial charge in [0, 0.05) is 34.6 Å². The van der Waals surface area contributed by atoms with Crippen LogP contribution in [-0.2, 0) is 18.0 Å². The van der Waals surface area contributed by atoms with E-state index in [1.54, 1.807) is 28.5 Å². The summed E-state index contributed by atoms with van der Waals surface area (Å²) >= 11 is 7.27. The molecule has 0 radical (unpaired) electrons. The van der Waals surface area contributed by atoms with Gasteiger partial charge in [-0.3, -0.25) is 9.59 Å². The zero-order valence-electron chi connectivity index (χ0n) is 14.3. The molecule has 27 heavy (non-hydrogen) atoms. The minimum absolute atomic E-state index is 0.132. The molecule has 0 unspecified atom stereocenters. The van der Waals surface area contributed by atoms with Gasteiger partial charge >= 0.3 is 0 Å². The van der Waals surface area contributed by atoms with Crippen molar-refractivity contribution in [2.75, 3.05) is 13.1 Å². The van der Waals surface area contributed by atoms with E-state index in [0.29, 0.717) is 45.0 Å². The fourth-order valence-corrected chi connectivity index (χ4v) is 4.30. The Morgan fingerprint density at radius 2 is 2.07 bits per heavy atom. The van der Waals surface area contributed by atoms with Crippen molar-refractivity contribution in [2.24, 2.45) is 0 Å². The second-order valence-electron chi connectivity index (χ2n) is 6.41. The second kappa shape index (κ2) is 7.36. The molecule has 6 nitrogen and oxygen atoms in total. The molecule has 3 aromatic rings. The van der Waals surface area contributed by atoms with E-state index in [9.17, 15) is 14.0 Å². The number of thiophene rings is 1. The van der Waals surface area contributed by atoms with Crippen molar-refractivity contribution in [1.29, 1.82) is 0 Å². The largest absolute Gasteiger partial charge is 0.341 e. The third kappa shape index (κ3) is 3.35. The first-order valence-electron chi connectivity index (χ1n) is 8.56. The van der Waals surface area contributed by atoms with Crippen molar-refractivity contribution in [2.45, 2.75) is 26.1 Å². The van der Waals surface area contributed by atoms with Gasteiger partial charge in [-0.15, -0.1) is 16.4 Å². The van der Waals surface area contributed by atoms with Crippen LogP contribution in [0.25, 0.3) is 21.3 Å². The van der Waals surface area contributed by atoms with E-state index in [4.69, 9.17) is 11.6 Å². The van der Waals surface area contributed by atoms with Crippen molar-refractivity contribution in [3.8, 4) is 11.1 Å². The van der Waals surface area contributed by atoms with Gasteiger partial charge in [-0.25, -0.2) is 9.07 Å². The summed E-state index contributed by atoms with van der Waals surface area (Å²) in [6.45, 7) is 0.601. The number of carbonyl (C=O) groups is 1. The van der Waals surface area contributed by atoms with Gasteiger partial charge in [-0.05, 0) is 30.5 Å². The molecule has 4 rings (SSSR count). The average molecular weight is 407 g/mol. The van der Waals surface area contributed by atoms with Crippen LogP contribution < -0.4 is 5.56 Å². The van der Waals surface area contributed by atoms with Gasteiger partial charge in [0.25, 0.3) is 5.56 Å². The normalized spacial score (nSPS) is 14.2. The smallest absolute Gasteiger partial charge is 0.279 e. The number of likely N-dealkylation sites (tertiary alicyclic amines) is 1. The van der Waals surface area contributed by atoms with E-state index in [1.807, 2.05) is 0 Å². The standard InChI is InChI=1S/C18H16ClFN4O2S/c19-14-4-3-11(7-12(14)8-20)13-10-27-17-16(13)18(26)24(22-21-17)9-15(25)23-5-1-2-6-23/h3-4,7,10H,1-2,5-6,8-9H2. The molecule has 3 heterocycles. The van der Waals surface area contributed by atoms with Crippen molar-refractivity contribution in [1.82, 2.24) is 19.9 Å². The van der Waals surface area contributed by atoms with Crippen LogP contribution >= 0.6 is 22.9 Å². The summed E-state index contributed by atoms with van der Waals surface area (Å²) in [6, 6.07) is 4.98. The number of fused-ring (bicyclic) bond motifs is 1. The highest BCUT2D eigenvalue weighted by atomic mass is 35.5. The maximum Gasteiger partial charge on any atom is 0.279 e. The van der Waals surface area contributed by atoms with Gasteiger partial charge in [0.1, 0.15) is 13.2 Å². The lowest BCUT2D eigenvalue weighted by Crippen LogP contribution is -2.36. The van der Waals surface area contributed by atoms with Gasteiger partial charge in [-0.2, -0.15) is 0 Å². The van der Waals surface area contributed by atoms with E-state index in [0.717, 1.165) is 17.5 Å². The molecular formula is C18H16ClFN4O2S. The Labute approximate surface area is 163 Å². The Kier molecular flexibility index (Phi) is 4.92. The molecule has 1 amide bonds. The number of aromatic nitrogens is 3. The second-order valence-corrected chi connectivity index (χ2v) is 7.67. The van der Waals surface area contributed by atoms with Crippen LogP contribution in [0, 0.1) is 0 Å². The van der Waals surface area contributed by atoms with E-state index in [2.05, 4.69) is 10.3 Å². The molecule has 1 fully saturated rings. The molecule has 1 aromatic carbocycles. The fourth-order valence-electron chi connectivity index (χ4n) is 3.25. The number of rotatable bonds is 4. The first-order valence-corrected chi connectivity index (χ1v) is 9.82. The number of hydrogen-bond acceptors (Lipinski definition) is 5. The molecule has 0 saturated carbocycles. The summed E-state index contributed by atoms with van der Waals surface area (Å²) in [5, 5.41) is 10.5. The summed E-state index contributed by atoms with van der Waals surface area (Å²) in [6.07, 6.45) is 1.96. The molecule has 0 atom stereocenters. The number of amides is 1. The maximum absolute atomic E-state index is 13.1. The fraction of sp³-hybridized carbons (Fsp3) is 0.333. The third-order valence-electron chi connectivity index (χ3n) is 4.71. The number of benzene rings is 1. The van der Waals surface area contributed by atoms with Crippen LogP contribution in [0.5, 0.6) is 0 Å². The van der Waals surface area contributed by atoms with Crippen molar-refractivity contribution in [3.63, 3.8) is 0 Å². The Morgan fingerprint density at radius 1 is 1.30 bits per heavy atom. The molecule has 140 valence electrons. The number of hydrogen-bond donors (Lipinski definition) is 0. The van der Waals surface area contributed by atoms with E-state index < -0.39 is 6.67 Å². The van der Waals surface area contributed by atoms with Crippen molar-refractivity contribution >= 4 is 39.1 Å². The predicted octanol–water partition coefficient (Wildman–Crippen LogP) is 3.27. The quantitative estimate of drug-likeness (QED) is 0.667. The van der Waals surface area contributed by atoms with Crippen LogP contribution in [0.1, 0.15) is 18.4 Å². The highest BCUT2D eigenvalue weighted by Gasteiger charge is 2.21. The number of alkyl halides is 1. The summed E-state index contributed by atoms with van der Waals surface area (Å²) < 4.78 is 14.2. The van der Waals surface area contributed by atoms with Crippen LogP contribution in [0.3, 0.4) is 0 Å². The molecule has 2 aromatic heterocycles. The SMILES string of the molecule is O=C(Cn1nnc2scc(-c3ccc(Cl)c(CF)c3)c2c1=O)N1CCCC1. The first kappa shape index (κ1) is 18.1. The zero-order chi connectivity index (χ0) is 19.0. The van der Waals surface area contributed by atoms with E-state index >= 15 is 0 Å². The minimum atomic E-state index is -0.691. The van der Waals surface area contributed by atoms with Crippen LogP contribution in [0.2, 0.25) is 5.02 Å². The molecule has 1 saturated heterocycles. The van der Waals surface area contributed by atoms with Gasteiger partial charge in [0.05, 0.1) is 5.39 Å². The Bertz CT molecular complexity index is 1070. The van der Waals surface area contributed by atoms with Gasteiger partial charge in [0.2, 0.25) is 5.91 Å². The molecule has 0 spiro atoms. The summed E-state index contributed by atoms with van der Waals surface area (Å²) in [4.78, 5) is 27.5. The van der Waals surface area contributed by atoms with Gasteiger partial charge in [-0.1, -0.05) is 22.9 Å². The molecule has 9 heteroatoms.